The van der Waals surface area contributed by atoms with E-state index in [0.717, 1.165) is 42.0 Å². The van der Waals surface area contributed by atoms with E-state index in [1.165, 1.54) is 23.1 Å². The van der Waals surface area contributed by atoms with Crippen LogP contribution in [0, 0.1) is 0 Å². The highest BCUT2D eigenvalue weighted by atomic mass is 35.5. The molecule has 40 heavy (non-hydrogen) atoms. The van der Waals surface area contributed by atoms with Crippen LogP contribution in [0.3, 0.4) is 0 Å². The standard InChI is InChI=1S/C30H33Cl2N3O4S/c1-22(30(37)33-26-13-4-2-5-14-26)34(20-23-10-8-11-24(31)18-23)29(36)21-35(27-15-9-12-25(32)19-27)40(38,39)28-16-6-3-7-17-28/h3,6-12,15-19,22,26H,2,4-5,13-14,20-21H2,1H3,(H,33,37). The second kappa shape index (κ2) is 13.5. The maximum Gasteiger partial charge on any atom is 0.264 e. The molecule has 0 aromatic heterocycles. The summed E-state index contributed by atoms with van der Waals surface area (Å²) in [6, 6.07) is 20.5. The summed E-state index contributed by atoms with van der Waals surface area (Å²) in [5.74, 6) is -0.812. The van der Waals surface area contributed by atoms with Crippen LogP contribution in [0.5, 0.6) is 0 Å². The molecule has 0 aliphatic heterocycles. The molecule has 1 aliphatic rings. The first-order chi connectivity index (χ1) is 19.1. The molecule has 1 unspecified atom stereocenters. The third-order valence-corrected chi connectivity index (χ3v) is 9.33. The Bertz CT molecular complexity index is 1430. The molecule has 1 aliphatic carbocycles. The number of amides is 2. The third-order valence-electron chi connectivity index (χ3n) is 7.07. The monoisotopic (exact) mass is 601 g/mol. The van der Waals surface area contributed by atoms with Gasteiger partial charge in [-0.25, -0.2) is 8.42 Å². The van der Waals surface area contributed by atoms with Crippen molar-refractivity contribution < 1.29 is 18.0 Å². The van der Waals surface area contributed by atoms with E-state index in [1.807, 2.05) is 6.07 Å². The summed E-state index contributed by atoms with van der Waals surface area (Å²) in [5.41, 5.74) is 0.963. The molecular formula is C30H33Cl2N3O4S. The van der Waals surface area contributed by atoms with Crippen molar-refractivity contribution in [2.45, 2.75) is 62.6 Å². The van der Waals surface area contributed by atoms with Crippen LogP contribution in [0.25, 0.3) is 0 Å². The van der Waals surface area contributed by atoms with Gasteiger partial charge in [-0.05, 0) is 67.8 Å². The van der Waals surface area contributed by atoms with Gasteiger partial charge in [0.2, 0.25) is 11.8 Å². The fraction of sp³-hybridized carbons (Fsp3) is 0.333. The Kier molecular flexibility index (Phi) is 10.1. The molecule has 0 radical (unpaired) electrons. The smallest absolute Gasteiger partial charge is 0.264 e. The van der Waals surface area contributed by atoms with Crippen molar-refractivity contribution in [3.8, 4) is 0 Å². The minimum Gasteiger partial charge on any atom is -0.352 e. The van der Waals surface area contributed by atoms with Crippen molar-refractivity contribution in [3.05, 3.63) is 94.5 Å². The zero-order chi connectivity index (χ0) is 28.7. The number of anilines is 1. The number of nitrogens with zero attached hydrogens (tertiary/aromatic N) is 2. The van der Waals surface area contributed by atoms with Gasteiger partial charge in [0.15, 0.2) is 0 Å². The van der Waals surface area contributed by atoms with Gasteiger partial charge in [-0.15, -0.1) is 0 Å². The van der Waals surface area contributed by atoms with Crippen molar-refractivity contribution in [2.24, 2.45) is 0 Å². The zero-order valence-corrected chi connectivity index (χ0v) is 24.6. The van der Waals surface area contributed by atoms with Gasteiger partial charge in [0.1, 0.15) is 12.6 Å². The normalized spacial score (nSPS) is 14.8. The Morgan fingerprint density at radius 2 is 1.55 bits per heavy atom. The van der Waals surface area contributed by atoms with Crippen molar-refractivity contribution in [2.75, 3.05) is 10.8 Å². The quantitative estimate of drug-likeness (QED) is 0.306. The summed E-state index contributed by atoms with van der Waals surface area (Å²) in [4.78, 5) is 28.8. The highest BCUT2D eigenvalue weighted by molar-refractivity contribution is 7.92. The number of hydrogen-bond donors (Lipinski definition) is 1. The maximum absolute atomic E-state index is 14.0. The van der Waals surface area contributed by atoms with Gasteiger partial charge in [0.05, 0.1) is 10.6 Å². The highest BCUT2D eigenvalue weighted by Gasteiger charge is 2.33. The zero-order valence-electron chi connectivity index (χ0n) is 22.3. The average Bonchev–Trinajstić information content (AvgIpc) is 2.95. The topological polar surface area (TPSA) is 86.8 Å². The minimum absolute atomic E-state index is 0.0345. The number of hydrogen-bond acceptors (Lipinski definition) is 4. The number of halogens is 2. The maximum atomic E-state index is 14.0. The fourth-order valence-corrected chi connectivity index (χ4v) is 6.69. The minimum atomic E-state index is -4.14. The van der Waals surface area contributed by atoms with Gasteiger partial charge in [-0.2, -0.15) is 0 Å². The van der Waals surface area contributed by atoms with Crippen LogP contribution in [-0.2, 0) is 26.2 Å². The molecule has 4 rings (SSSR count). The molecule has 0 saturated heterocycles. The lowest BCUT2D eigenvalue weighted by molar-refractivity contribution is -0.139. The molecule has 1 atom stereocenters. The van der Waals surface area contributed by atoms with Crippen LogP contribution in [0.4, 0.5) is 5.69 Å². The van der Waals surface area contributed by atoms with Crippen LogP contribution in [0.1, 0.15) is 44.6 Å². The van der Waals surface area contributed by atoms with E-state index in [-0.39, 0.29) is 29.1 Å². The number of carbonyl (C=O) groups excluding carboxylic acids is 2. The van der Waals surface area contributed by atoms with Gasteiger partial charge < -0.3 is 10.2 Å². The number of benzene rings is 3. The largest absolute Gasteiger partial charge is 0.352 e. The van der Waals surface area contributed by atoms with Crippen LogP contribution < -0.4 is 9.62 Å². The lowest BCUT2D eigenvalue weighted by Gasteiger charge is -2.33. The first-order valence-corrected chi connectivity index (χ1v) is 15.5. The van der Waals surface area contributed by atoms with Crippen molar-refractivity contribution >= 4 is 50.7 Å². The predicted molar refractivity (Wildman–Crippen MR) is 159 cm³/mol. The van der Waals surface area contributed by atoms with Gasteiger partial charge in [0.25, 0.3) is 10.0 Å². The van der Waals surface area contributed by atoms with Gasteiger partial charge in [0, 0.05) is 22.6 Å². The fourth-order valence-electron chi connectivity index (χ4n) is 4.86. The molecule has 1 fully saturated rings. The molecule has 1 saturated carbocycles. The summed E-state index contributed by atoms with van der Waals surface area (Å²) >= 11 is 12.4. The molecule has 0 bridgehead atoms. The second-order valence-corrected chi connectivity index (χ2v) is 12.7. The Hall–Kier alpha value is -3.07. The molecule has 3 aromatic rings. The summed E-state index contributed by atoms with van der Waals surface area (Å²) in [7, 11) is -4.14. The molecule has 7 nitrogen and oxygen atoms in total. The van der Waals surface area contributed by atoms with E-state index >= 15 is 0 Å². The summed E-state index contributed by atoms with van der Waals surface area (Å²) in [6.45, 7) is 1.21. The van der Waals surface area contributed by atoms with E-state index in [4.69, 9.17) is 23.2 Å². The number of sulfonamides is 1. The van der Waals surface area contributed by atoms with Crippen LogP contribution >= 0.6 is 23.2 Å². The van der Waals surface area contributed by atoms with E-state index in [1.54, 1.807) is 61.5 Å². The Morgan fingerprint density at radius 3 is 2.20 bits per heavy atom. The third kappa shape index (κ3) is 7.56. The molecule has 212 valence electrons. The summed E-state index contributed by atoms with van der Waals surface area (Å²) in [6.07, 6.45) is 5.06. The Labute approximate surface area is 246 Å². The number of carbonyl (C=O) groups is 2. The molecule has 3 aromatic carbocycles. The summed E-state index contributed by atoms with van der Waals surface area (Å²) in [5, 5.41) is 3.92. The molecule has 0 spiro atoms. The number of nitrogens with one attached hydrogen (secondary N) is 1. The van der Waals surface area contributed by atoms with Crippen molar-refractivity contribution in [3.63, 3.8) is 0 Å². The molecular weight excluding hydrogens is 569 g/mol. The van der Waals surface area contributed by atoms with Crippen LogP contribution in [0.15, 0.2) is 83.8 Å². The molecule has 10 heteroatoms. The lowest BCUT2D eigenvalue weighted by Crippen LogP contribution is -2.53. The van der Waals surface area contributed by atoms with E-state index in [2.05, 4.69) is 5.32 Å². The number of rotatable bonds is 10. The van der Waals surface area contributed by atoms with Crippen molar-refractivity contribution in [1.82, 2.24) is 10.2 Å². The van der Waals surface area contributed by atoms with Gasteiger partial charge >= 0.3 is 0 Å². The Balaban J connectivity index is 1.67. The average molecular weight is 603 g/mol. The second-order valence-electron chi connectivity index (χ2n) is 9.98. The predicted octanol–water partition coefficient (Wildman–Crippen LogP) is 6.05. The van der Waals surface area contributed by atoms with E-state index < -0.39 is 28.5 Å². The van der Waals surface area contributed by atoms with Gasteiger partial charge in [-0.1, -0.05) is 78.9 Å². The van der Waals surface area contributed by atoms with Crippen LogP contribution in [-0.4, -0.2) is 43.8 Å². The SMILES string of the molecule is CC(C(=O)NC1CCCCC1)N(Cc1cccc(Cl)c1)C(=O)CN(c1cccc(Cl)c1)S(=O)(=O)c1ccccc1. The first kappa shape index (κ1) is 29.9. The first-order valence-electron chi connectivity index (χ1n) is 13.3. The van der Waals surface area contributed by atoms with E-state index in [0.29, 0.717) is 10.0 Å². The molecule has 2 amide bonds. The lowest BCUT2D eigenvalue weighted by atomic mass is 9.95. The van der Waals surface area contributed by atoms with E-state index in [9.17, 15) is 18.0 Å². The highest BCUT2D eigenvalue weighted by Crippen LogP contribution is 2.27. The molecule has 0 heterocycles. The summed E-state index contributed by atoms with van der Waals surface area (Å²) < 4.78 is 28.6. The van der Waals surface area contributed by atoms with Crippen LogP contribution in [0.2, 0.25) is 10.0 Å². The van der Waals surface area contributed by atoms with Crippen molar-refractivity contribution in [1.29, 1.82) is 0 Å². The Morgan fingerprint density at radius 1 is 0.900 bits per heavy atom. The molecule has 1 N–H and O–H groups in total. The van der Waals surface area contributed by atoms with Gasteiger partial charge in [-0.3, -0.25) is 13.9 Å².